The van der Waals surface area contributed by atoms with E-state index in [1.165, 1.54) is 4.90 Å². The summed E-state index contributed by atoms with van der Waals surface area (Å²) in [6.07, 6.45) is 2.48. The molecule has 0 aromatic carbocycles. The highest BCUT2D eigenvalue weighted by Gasteiger charge is 2.18. The van der Waals surface area contributed by atoms with Crippen molar-refractivity contribution in [3.8, 4) is 0 Å². The number of imidazole rings is 1. The van der Waals surface area contributed by atoms with Crippen LogP contribution in [0.2, 0.25) is 0 Å². The summed E-state index contributed by atoms with van der Waals surface area (Å²) >= 11 is 0. The van der Waals surface area contributed by atoms with E-state index in [9.17, 15) is 8.78 Å². The number of hydrogen-bond acceptors (Lipinski definition) is 5. The number of halogens is 2. The number of aromatic nitrogens is 3. The zero-order valence-electron chi connectivity index (χ0n) is 10.4. The Balaban J connectivity index is 2.46. The highest BCUT2D eigenvalue weighted by atomic mass is 19.3. The van der Waals surface area contributed by atoms with Crippen molar-refractivity contribution in [2.75, 3.05) is 37.0 Å². The zero-order chi connectivity index (χ0) is 13.8. The van der Waals surface area contributed by atoms with E-state index in [0.29, 0.717) is 17.3 Å². The number of nitrogens with one attached hydrogen (secondary N) is 1. The molecule has 0 amide bonds. The quantitative estimate of drug-likeness (QED) is 0.815. The first-order valence-electron chi connectivity index (χ1n) is 5.81. The molecule has 0 aliphatic carbocycles. The predicted molar refractivity (Wildman–Crippen MR) is 67.8 cm³/mol. The summed E-state index contributed by atoms with van der Waals surface area (Å²) in [7, 11) is 1.69. The van der Waals surface area contributed by atoms with Gasteiger partial charge in [0.1, 0.15) is 5.82 Å². The number of anilines is 2. The first-order chi connectivity index (χ1) is 9.15. The Labute approximate surface area is 108 Å². The van der Waals surface area contributed by atoms with Gasteiger partial charge in [0.2, 0.25) is 0 Å². The van der Waals surface area contributed by atoms with E-state index in [0.717, 1.165) is 0 Å². The topological polar surface area (TPSA) is 65.7 Å². The lowest BCUT2D eigenvalue weighted by atomic mass is 10.4. The lowest BCUT2D eigenvalue weighted by Crippen LogP contribution is -2.33. The minimum Gasteiger partial charge on any atom is -0.395 e. The number of rotatable bonds is 6. The van der Waals surface area contributed by atoms with Crippen molar-refractivity contribution in [2.45, 2.75) is 6.43 Å². The smallest absolute Gasteiger partial charge is 0.255 e. The van der Waals surface area contributed by atoms with Gasteiger partial charge in [-0.3, -0.25) is 0 Å². The number of fused-ring (bicyclic) bond motifs is 1. The lowest BCUT2D eigenvalue weighted by Gasteiger charge is -2.23. The number of hydrogen-bond donors (Lipinski definition) is 2. The van der Waals surface area contributed by atoms with E-state index in [2.05, 4.69) is 15.3 Å². The Kier molecular flexibility index (Phi) is 4.10. The molecule has 104 valence electrons. The molecule has 0 unspecified atom stereocenters. The Bertz CT molecular complexity index is 545. The summed E-state index contributed by atoms with van der Waals surface area (Å²) in [6, 6.07) is 0. The Hall–Kier alpha value is -1.96. The van der Waals surface area contributed by atoms with E-state index >= 15 is 0 Å². The van der Waals surface area contributed by atoms with Crippen LogP contribution >= 0.6 is 0 Å². The summed E-state index contributed by atoms with van der Waals surface area (Å²) in [5.74, 6) is 0.865. The van der Waals surface area contributed by atoms with Gasteiger partial charge in [-0.2, -0.15) is 0 Å². The van der Waals surface area contributed by atoms with Gasteiger partial charge in [0, 0.05) is 26.0 Å². The molecule has 2 aromatic rings. The number of aliphatic hydroxyl groups excluding tert-OH is 1. The molecule has 8 heteroatoms. The van der Waals surface area contributed by atoms with Gasteiger partial charge in [-0.15, -0.1) is 0 Å². The van der Waals surface area contributed by atoms with Gasteiger partial charge >= 0.3 is 0 Å². The van der Waals surface area contributed by atoms with Crippen LogP contribution in [0.3, 0.4) is 0 Å². The normalized spacial score (nSPS) is 11.2. The van der Waals surface area contributed by atoms with E-state index < -0.39 is 13.0 Å². The molecule has 0 saturated carbocycles. The van der Waals surface area contributed by atoms with E-state index in [4.69, 9.17) is 5.11 Å². The molecular weight excluding hydrogens is 256 g/mol. The molecule has 2 heterocycles. The van der Waals surface area contributed by atoms with Gasteiger partial charge in [0.05, 0.1) is 19.3 Å². The SMILES string of the molecule is CNc1cn2ccnc2c(N(CCO)CC(F)F)n1. The first kappa shape index (κ1) is 13.5. The van der Waals surface area contributed by atoms with E-state index in [1.54, 1.807) is 30.0 Å². The molecule has 0 bridgehead atoms. The highest BCUT2D eigenvalue weighted by molar-refractivity contribution is 5.66. The third-order valence-electron chi connectivity index (χ3n) is 2.64. The number of aliphatic hydroxyl groups is 1. The van der Waals surface area contributed by atoms with Crippen LogP contribution in [0.25, 0.3) is 5.65 Å². The molecule has 19 heavy (non-hydrogen) atoms. The molecule has 0 aliphatic heterocycles. The molecule has 6 nitrogen and oxygen atoms in total. The number of nitrogens with zero attached hydrogens (tertiary/aromatic N) is 4. The molecule has 2 rings (SSSR count). The van der Waals surface area contributed by atoms with E-state index in [1.807, 2.05) is 0 Å². The molecule has 2 aromatic heterocycles. The third-order valence-corrected chi connectivity index (χ3v) is 2.64. The number of alkyl halides is 2. The van der Waals surface area contributed by atoms with Gasteiger partial charge in [-0.1, -0.05) is 0 Å². The molecular formula is C11H15F2N5O. The maximum Gasteiger partial charge on any atom is 0.255 e. The van der Waals surface area contributed by atoms with Crippen molar-refractivity contribution in [1.29, 1.82) is 0 Å². The summed E-state index contributed by atoms with van der Waals surface area (Å²) in [5.41, 5.74) is 0.480. The average Bonchev–Trinajstić information content (AvgIpc) is 2.84. The van der Waals surface area contributed by atoms with Crippen molar-refractivity contribution in [3.05, 3.63) is 18.6 Å². The lowest BCUT2D eigenvalue weighted by molar-refractivity contribution is 0.152. The summed E-state index contributed by atoms with van der Waals surface area (Å²) in [6.45, 7) is -0.651. The maximum absolute atomic E-state index is 12.6. The summed E-state index contributed by atoms with van der Waals surface area (Å²) < 4.78 is 26.9. The van der Waals surface area contributed by atoms with E-state index in [-0.39, 0.29) is 13.2 Å². The second-order valence-corrected chi connectivity index (χ2v) is 3.92. The van der Waals surface area contributed by atoms with Crippen LogP contribution in [-0.4, -0.2) is 52.6 Å². The van der Waals surface area contributed by atoms with Crippen LogP contribution in [0.4, 0.5) is 20.4 Å². The van der Waals surface area contributed by atoms with Gasteiger partial charge in [-0.25, -0.2) is 18.7 Å². The largest absolute Gasteiger partial charge is 0.395 e. The van der Waals surface area contributed by atoms with Crippen molar-refractivity contribution in [2.24, 2.45) is 0 Å². The fourth-order valence-electron chi connectivity index (χ4n) is 1.82. The molecule has 0 aliphatic rings. The average molecular weight is 271 g/mol. The van der Waals surface area contributed by atoms with Crippen LogP contribution in [-0.2, 0) is 0 Å². The fraction of sp³-hybridized carbons (Fsp3) is 0.455. The van der Waals surface area contributed by atoms with Crippen LogP contribution in [0, 0.1) is 0 Å². The van der Waals surface area contributed by atoms with Crippen molar-refractivity contribution in [3.63, 3.8) is 0 Å². The molecule has 0 atom stereocenters. The second kappa shape index (κ2) is 5.79. The molecule has 2 N–H and O–H groups in total. The maximum atomic E-state index is 12.6. The second-order valence-electron chi connectivity index (χ2n) is 3.92. The van der Waals surface area contributed by atoms with Crippen LogP contribution in [0.5, 0.6) is 0 Å². The van der Waals surface area contributed by atoms with Crippen molar-refractivity contribution in [1.82, 2.24) is 14.4 Å². The Morgan fingerprint density at radius 1 is 1.53 bits per heavy atom. The molecule has 0 radical (unpaired) electrons. The Morgan fingerprint density at radius 2 is 2.32 bits per heavy atom. The van der Waals surface area contributed by atoms with Crippen LogP contribution < -0.4 is 10.2 Å². The molecule has 0 spiro atoms. The first-order valence-corrected chi connectivity index (χ1v) is 5.81. The van der Waals surface area contributed by atoms with Crippen LogP contribution in [0.15, 0.2) is 18.6 Å². The van der Waals surface area contributed by atoms with Crippen LogP contribution in [0.1, 0.15) is 0 Å². The molecule has 0 saturated heterocycles. The monoisotopic (exact) mass is 271 g/mol. The summed E-state index contributed by atoms with van der Waals surface area (Å²) in [4.78, 5) is 9.69. The molecule has 0 fully saturated rings. The zero-order valence-corrected chi connectivity index (χ0v) is 10.4. The fourth-order valence-corrected chi connectivity index (χ4v) is 1.82. The van der Waals surface area contributed by atoms with Gasteiger partial charge < -0.3 is 19.7 Å². The third kappa shape index (κ3) is 2.90. The minimum atomic E-state index is -2.51. The Morgan fingerprint density at radius 3 is 2.95 bits per heavy atom. The van der Waals surface area contributed by atoms with Crippen molar-refractivity contribution >= 4 is 17.3 Å². The minimum absolute atomic E-state index is 0.0764. The van der Waals surface area contributed by atoms with Gasteiger partial charge in [0.25, 0.3) is 6.43 Å². The van der Waals surface area contributed by atoms with Gasteiger partial charge in [-0.05, 0) is 0 Å². The standard InChI is InChI=1S/C11H15F2N5O/c1-14-9-7-17-3-2-15-10(17)11(16-9)18(4-5-19)6-8(12)13/h2-3,7-8,14,19H,4-6H2,1H3. The van der Waals surface area contributed by atoms with Crippen molar-refractivity contribution < 1.29 is 13.9 Å². The van der Waals surface area contributed by atoms with Gasteiger partial charge in [0.15, 0.2) is 11.5 Å². The predicted octanol–water partition coefficient (Wildman–Crippen LogP) is 0.835. The summed E-state index contributed by atoms with van der Waals surface area (Å²) in [5, 5.41) is 11.9. The highest BCUT2D eigenvalue weighted by Crippen LogP contribution is 2.21.